The highest BCUT2D eigenvalue weighted by Crippen LogP contribution is 2.14. The summed E-state index contributed by atoms with van der Waals surface area (Å²) in [4.78, 5) is 0. The minimum Gasteiger partial charge on any atom is -0.330 e. The van der Waals surface area contributed by atoms with Crippen LogP contribution in [0.3, 0.4) is 0 Å². The van der Waals surface area contributed by atoms with E-state index in [9.17, 15) is 0 Å². The lowest BCUT2D eigenvalue weighted by atomic mass is 10.0. The molecule has 0 aliphatic rings. The fourth-order valence-electron chi connectivity index (χ4n) is 1.44. The Labute approximate surface area is 92.7 Å². The number of hydrogen-bond donors (Lipinski definition) is 1. The highest BCUT2D eigenvalue weighted by Gasteiger charge is 1.98. The standard InChI is InChI=1S/C14H19N/c1-11-9-13(3)14(10-12(11)2)7-5-4-6-8-15/h9-10H,4,6,8,15H2,1-3H3. The van der Waals surface area contributed by atoms with E-state index in [4.69, 9.17) is 5.73 Å². The molecule has 1 aromatic rings. The van der Waals surface area contributed by atoms with Gasteiger partial charge >= 0.3 is 0 Å². The maximum atomic E-state index is 5.41. The van der Waals surface area contributed by atoms with Crippen LogP contribution in [0.4, 0.5) is 0 Å². The third-order valence-corrected chi connectivity index (χ3v) is 2.57. The van der Waals surface area contributed by atoms with Gasteiger partial charge in [0.15, 0.2) is 0 Å². The van der Waals surface area contributed by atoms with Crippen molar-refractivity contribution in [2.24, 2.45) is 5.73 Å². The molecule has 0 fully saturated rings. The Morgan fingerprint density at radius 3 is 2.40 bits per heavy atom. The van der Waals surface area contributed by atoms with Gasteiger partial charge in [-0.25, -0.2) is 0 Å². The van der Waals surface area contributed by atoms with Gasteiger partial charge in [0.05, 0.1) is 0 Å². The van der Waals surface area contributed by atoms with Crippen LogP contribution in [0, 0.1) is 32.6 Å². The van der Waals surface area contributed by atoms with Crippen LogP contribution in [-0.4, -0.2) is 6.54 Å². The first-order chi connectivity index (χ1) is 7.15. The summed E-state index contributed by atoms with van der Waals surface area (Å²) in [5.41, 5.74) is 10.5. The van der Waals surface area contributed by atoms with Crippen LogP contribution < -0.4 is 5.73 Å². The van der Waals surface area contributed by atoms with Crippen LogP contribution in [0.1, 0.15) is 35.1 Å². The van der Waals surface area contributed by atoms with Gasteiger partial charge in [-0.15, -0.1) is 0 Å². The Bertz CT molecular complexity index is 394. The molecule has 0 amide bonds. The van der Waals surface area contributed by atoms with E-state index < -0.39 is 0 Å². The lowest BCUT2D eigenvalue weighted by molar-refractivity contribution is 0.870. The molecule has 0 unspecified atom stereocenters. The van der Waals surface area contributed by atoms with Gasteiger partial charge in [-0.05, 0) is 56.5 Å². The Kier molecular flexibility index (Phi) is 4.39. The Balaban J connectivity index is 2.84. The maximum Gasteiger partial charge on any atom is 0.0277 e. The van der Waals surface area contributed by atoms with Crippen LogP contribution in [0.25, 0.3) is 0 Å². The molecule has 1 heteroatoms. The summed E-state index contributed by atoms with van der Waals surface area (Å²) < 4.78 is 0. The molecule has 2 N–H and O–H groups in total. The second-order valence-corrected chi connectivity index (χ2v) is 3.95. The molecular weight excluding hydrogens is 182 g/mol. The van der Waals surface area contributed by atoms with Crippen molar-refractivity contribution >= 4 is 0 Å². The van der Waals surface area contributed by atoms with Crippen molar-refractivity contribution in [2.75, 3.05) is 6.54 Å². The molecule has 1 nitrogen and oxygen atoms in total. The van der Waals surface area contributed by atoms with Gasteiger partial charge in [-0.1, -0.05) is 17.9 Å². The number of hydrogen-bond acceptors (Lipinski definition) is 1. The second kappa shape index (κ2) is 5.58. The average molecular weight is 201 g/mol. The van der Waals surface area contributed by atoms with E-state index >= 15 is 0 Å². The highest BCUT2D eigenvalue weighted by atomic mass is 14.5. The topological polar surface area (TPSA) is 26.0 Å². The van der Waals surface area contributed by atoms with Crippen molar-refractivity contribution in [1.29, 1.82) is 0 Å². The monoisotopic (exact) mass is 201 g/mol. The molecule has 0 atom stereocenters. The van der Waals surface area contributed by atoms with E-state index in [-0.39, 0.29) is 0 Å². The van der Waals surface area contributed by atoms with Gasteiger partial charge in [-0.3, -0.25) is 0 Å². The Morgan fingerprint density at radius 1 is 1.07 bits per heavy atom. The maximum absolute atomic E-state index is 5.41. The van der Waals surface area contributed by atoms with Crippen LogP contribution in [0.15, 0.2) is 12.1 Å². The lowest BCUT2D eigenvalue weighted by Gasteiger charge is -2.04. The van der Waals surface area contributed by atoms with E-state index in [1.807, 2.05) is 0 Å². The molecule has 80 valence electrons. The molecule has 1 rings (SSSR count). The summed E-state index contributed by atoms with van der Waals surface area (Å²) in [6.07, 6.45) is 1.87. The smallest absolute Gasteiger partial charge is 0.0277 e. The zero-order valence-electron chi connectivity index (χ0n) is 9.85. The second-order valence-electron chi connectivity index (χ2n) is 3.95. The van der Waals surface area contributed by atoms with Crippen molar-refractivity contribution in [3.63, 3.8) is 0 Å². The van der Waals surface area contributed by atoms with Gasteiger partial charge in [0.25, 0.3) is 0 Å². The molecule has 0 spiro atoms. The van der Waals surface area contributed by atoms with Crippen LogP contribution in [0.2, 0.25) is 0 Å². The van der Waals surface area contributed by atoms with E-state index in [0.717, 1.165) is 24.9 Å². The van der Waals surface area contributed by atoms with Crippen LogP contribution in [0.5, 0.6) is 0 Å². The summed E-state index contributed by atoms with van der Waals surface area (Å²) in [6.45, 7) is 7.09. The summed E-state index contributed by atoms with van der Waals surface area (Å²) >= 11 is 0. The van der Waals surface area contributed by atoms with Crippen molar-refractivity contribution in [3.05, 3.63) is 34.4 Å². The van der Waals surface area contributed by atoms with Gasteiger partial charge in [0.1, 0.15) is 0 Å². The SMILES string of the molecule is Cc1cc(C)c(C#CCCCN)cc1C. The van der Waals surface area contributed by atoms with E-state index in [1.54, 1.807) is 0 Å². The number of aryl methyl sites for hydroxylation is 3. The quantitative estimate of drug-likeness (QED) is 0.578. The van der Waals surface area contributed by atoms with Crippen molar-refractivity contribution in [1.82, 2.24) is 0 Å². The fourth-order valence-corrected chi connectivity index (χ4v) is 1.44. The van der Waals surface area contributed by atoms with E-state index in [1.165, 1.54) is 16.7 Å². The Hall–Kier alpha value is -1.26. The summed E-state index contributed by atoms with van der Waals surface area (Å²) in [5, 5.41) is 0. The molecule has 0 saturated heterocycles. The van der Waals surface area contributed by atoms with Crippen molar-refractivity contribution in [2.45, 2.75) is 33.6 Å². The van der Waals surface area contributed by atoms with Gasteiger partial charge in [0.2, 0.25) is 0 Å². The van der Waals surface area contributed by atoms with E-state index in [2.05, 4.69) is 44.7 Å². The third kappa shape index (κ3) is 3.42. The molecule has 1 aromatic carbocycles. The van der Waals surface area contributed by atoms with Crippen molar-refractivity contribution < 1.29 is 0 Å². The van der Waals surface area contributed by atoms with E-state index in [0.29, 0.717) is 0 Å². The molecular formula is C14H19N. The molecule has 0 heterocycles. The normalized spacial score (nSPS) is 9.60. The molecule has 0 saturated carbocycles. The number of unbranched alkanes of at least 4 members (excludes halogenated alkanes) is 1. The molecule has 0 aliphatic carbocycles. The first kappa shape index (κ1) is 11.8. The number of nitrogens with two attached hydrogens (primary N) is 1. The Morgan fingerprint density at radius 2 is 1.73 bits per heavy atom. The molecule has 15 heavy (non-hydrogen) atoms. The predicted molar refractivity (Wildman–Crippen MR) is 65.8 cm³/mol. The zero-order chi connectivity index (χ0) is 11.3. The molecule has 0 aliphatic heterocycles. The number of benzene rings is 1. The molecule has 0 aromatic heterocycles. The van der Waals surface area contributed by atoms with Crippen molar-refractivity contribution in [3.8, 4) is 11.8 Å². The highest BCUT2D eigenvalue weighted by molar-refractivity contribution is 5.45. The lowest BCUT2D eigenvalue weighted by Crippen LogP contribution is -1.96. The first-order valence-electron chi connectivity index (χ1n) is 5.42. The largest absolute Gasteiger partial charge is 0.330 e. The fraction of sp³-hybridized carbons (Fsp3) is 0.429. The third-order valence-electron chi connectivity index (χ3n) is 2.57. The van der Waals surface area contributed by atoms with Crippen LogP contribution in [-0.2, 0) is 0 Å². The minimum absolute atomic E-state index is 0.723. The summed E-state index contributed by atoms with van der Waals surface area (Å²) in [6, 6.07) is 4.36. The van der Waals surface area contributed by atoms with Crippen LogP contribution >= 0.6 is 0 Å². The molecule has 0 bridgehead atoms. The van der Waals surface area contributed by atoms with Gasteiger partial charge in [-0.2, -0.15) is 0 Å². The minimum atomic E-state index is 0.723. The predicted octanol–water partition coefficient (Wildman–Crippen LogP) is 2.70. The summed E-state index contributed by atoms with van der Waals surface area (Å²) in [7, 11) is 0. The average Bonchev–Trinajstić information content (AvgIpc) is 2.20. The molecule has 0 radical (unpaired) electrons. The number of rotatable bonds is 2. The van der Waals surface area contributed by atoms with Gasteiger partial charge in [0, 0.05) is 12.0 Å². The summed E-state index contributed by atoms with van der Waals surface area (Å²) in [5.74, 6) is 6.37. The zero-order valence-corrected chi connectivity index (χ0v) is 9.85. The van der Waals surface area contributed by atoms with Gasteiger partial charge < -0.3 is 5.73 Å². The first-order valence-corrected chi connectivity index (χ1v) is 5.42.